The molecule has 26 heteroatoms. The summed E-state index contributed by atoms with van der Waals surface area (Å²) in [5.74, 6) is 0.781. The first kappa shape index (κ1) is 49.9. The van der Waals surface area contributed by atoms with E-state index in [2.05, 4.69) is 60.7 Å². The summed E-state index contributed by atoms with van der Waals surface area (Å²) in [6.07, 6.45) is 7.03. The van der Waals surface area contributed by atoms with Crippen LogP contribution in [0.5, 0.6) is 23.0 Å². The maximum Gasteiger partial charge on any atom is 0.189 e. The summed E-state index contributed by atoms with van der Waals surface area (Å²) < 4.78 is 105. The van der Waals surface area contributed by atoms with Gasteiger partial charge in [0.05, 0.1) is 63.7 Å². The van der Waals surface area contributed by atoms with E-state index in [1.54, 1.807) is 69.8 Å². The number of hydrogen-bond acceptors (Lipinski definition) is 20. The van der Waals surface area contributed by atoms with Crippen LogP contribution in [0.1, 0.15) is 37.1 Å². The third-order valence-corrected chi connectivity index (χ3v) is 14.6. The fraction of sp³-hybridized carbons (Fsp3) is 0.273. The molecule has 6 aromatic heterocycles. The van der Waals surface area contributed by atoms with E-state index in [-0.39, 0.29) is 47.8 Å². The summed E-state index contributed by atoms with van der Waals surface area (Å²) in [4.78, 5) is 15.4. The smallest absolute Gasteiger partial charge is 0.189 e. The van der Waals surface area contributed by atoms with Crippen LogP contribution in [0.2, 0.25) is 0 Å². The van der Waals surface area contributed by atoms with Crippen molar-refractivity contribution in [1.82, 2.24) is 69.9 Å². The number of nitrogens with zero attached hydrogens (tertiary/aromatic N) is 14. The predicted octanol–water partition coefficient (Wildman–Crippen LogP) is 4.43. The van der Waals surface area contributed by atoms with Crippen LogP contribution in [-0.4, -0.2) is 126 Å². The lowest BCUT2D eigenvalue weighted by Crippen LogP contribution is -2.24. The monoisotopic (exact) mass is 998 g/mol. The first-order valence-electron chi connectivity index (χ1n) is 20.9. The number of benzene rings is 2. The minimum Gasteiger partial charge on any atom is -0.494 e. The molecule has 0 saturated carbocycles. The van der Waals surface area contributed by atoms with Crippen LogP contribution in [0, 0.1) is 11.6 Å². The Labute approximate surface area is 400 Å². The number of rotatable bonds is 18. The summed E-state index contributed by atoms with van der Waals surface area (Å²) in [5, 5.41) is 31.0. The molecule has 8 aromatic rings. The standard InChI is InChI=1S/2C22H22FN7O4S/c2*1-14(10-19-24-11-15(23)12-25-19)35(31,32)13-20-28-29-22(16-6-5-9-26-27-16)30(20)21-17(33-2)7-4-8-18(21)34-3/h2*4-9,11-12,14H,10,13H2,1-3H3/t2*14-/m10/s1. The van der Waals surface area contributed by atoms with Crippen LogP contribution < -0.4 is 18.9 Å². The summed E-state index contributed by atoms with van der Waals surface area (Å²) >= 11 is 0. The molecule has 22 nitrogen and oxygen atoms in total. The lowest BCUT2D eigenvalue weighted by atomic mass is 10.2. The molecular weight excluding hydrogens is 955 g/mol. The van der Waals surface area contributed by atoms with E-state index < -0.39 is 53.3 Å². The van der Waals surface area contributed by atoms with E-state index in [0.717, 1.165) is 24.8 Å². The molecule has 0 bridgehead atoms. The van der Waals surface area contributed by atoms with Gasteiger partial charge >= 0.3 is 0 Å². The molecule has 2 aromatic carbocycles. The van der Waals surface area contributed by atoms with Crippen molar-refractivity contribution >= 4 is 19.7 Å². The van der Waals surface area contributed by atoms with Crippen LogP contribution in [0.15, 0.2) is 97.8 Å². The van der Waals surface area contributed by atoms with Gasteiger partial charge in [0, 0.05) is 25.2 Å². The van der Waals surface area contributed by atoms with Gasteiger partial charge in [-0.3, -0.25) is 9.13 Å². The summed E-state index contributed by atoms with van der Waals surface area (Å²) in [5.41, 5.74) is 1.60. The Bertz CT molecular complexity index is 3000. The zero-order valence-electron chi connectivity index (χ0n) is 38.3. The topological polar surface area (TPSA) is 270 Å². The quantitative estimate of drug-likeness (QED) is 0.115. The Hall–Kier alpha value is -8.00. The van der Waals surface area contributed by atoms with Gasteiger partial charge in [0.25, 0.3) is 0 Å². The molecular formula is C44H44F2N14O8S2. The molecule has 8 rings (SSSR count). The molecule has 0 aliphatic carbocycles. The van der Waals surface area contributed by atoms with Crippen molar-refractivity contribution in [2.75, 3.05) is 28.4 Å². The first-order chi connectivity index (χ1) is 33.7. The van der Waals surface area contributed by atoms with Gasteiger partial charge in [-0.05, 0) is 62.4 Å². The van der Waals surface area contributed by atoms with Crippen molar-refractivity contribution < 1.29 is 44.6 Å². The second kappa shape index (κ2) is 22.0. The van der Waals surface area contributed by atoms with Crippen LogP contribution in [0.25, 0.3) is 34.4 Å². The molecule has 6 heterocycles. The van der Waals surface area contributed by atoms with Gasteiger partial charge in [-0.15, -0.1) is 30.6 Å². The molecule has 0 saturated heterocycles. The Morgan fingerprint density at radius 1 is 0.500 bits per heavy atom. The highest BCUT2D eigenvalue weighted by Gasteiger charge is 2.31. The average molecular weight is 999 g/mol. The highest BCUT2D eigenvalue weighted by molar-refractivity contribution is 7.91. The minimum absolute atomic E-state index is 0.00570. The number of ether oxygens (including phenoxy) is 4. The van der Waals surface area contributed by atoms with Crippen molar-refractivity contribution in [3.63, 3.8) is 0 Å². The third-order valence-electron chi connectivity index (χ3n) is 10.5. The zero-order valence-corrected chi connectivity index (χ0v) is 40.0. The van der Waals surface area contributed by atoms with E-state index in [9.17, 15) is 25.6 Å². The second-order valence-electron chi connectivity index (χ2n) is 15.1. The van der Waals surface area contributed by atoms with Gasteiger partial charge in [0.2, 0.25) is 0 Å². The number of hydrogen-bond donors (Lipinski definition) is 0. The van der Waals surface area contributed by atoms with E-state index in [0.29, 0.717) is 45.8 Å². The van der Waals surface area contributed by atoms with Gasteiger partial charge in [0.15, 0.2) is 54.6 Å². The molecule has 0 spiro atoms. The highest BCUT2D eigenvalue weighted by Crippen LogP contribution is 2.38. The van der Waals surface area contributed by atoms with Crippen LogP contribution in [-0.2, 0) is 44.0 Å². The van der Waals surface area contributed by atoms with E-state index in [1.807, 2.05) is 0 Å². The van der Waals surface area contributed by atoms with Crippen molar-refractivity contribution in [2.24, 2.45) is 0 Å². The Kier molecular flexibility index (Phi) is 15.7. The third kappa shape index (κ3) is 11.3. The molecule has 0 aliphatic heterocycles. The Morgan fingerprint density at radius 3 is 1.14 bits per heavy atom. The lowest BCUT2D eigenvalue weighted by Gasteiger charge is -2.18. The first-order valence-corrected chi connectivity index (χ1v) is 24.3. The summed E-state index contributed by atoms with van der Waals surface area (Å²) in [6.45, 7) is 3.08. The second-order valence-corrected chi connectivity index (χ2v) is 19.9. The zero-order chi connectivity index (χ0) is 50.0. The molecule has 0 fully saturated rings. The Morgan fingerprint density at radius 2 is 0.843 bits per heavy atom. The molecule has 0 amide bonds. The number of sulfone groups is 2. The number of halogens is 2. The maximum atomic E-state index is 13.3. The van der Waals surface area contributed by atoms with Gasteiger partial charge < -0.3 is 18.9 Å². The van der Waals surface area contributed by atoms with E-state index in [1.165, 1.54) is 54.7 Å². The van der Waals surface area contributed by atoms with E-state index >= 15 is 0 Å². The molecule has 0 radical (unpaired) electrons. The Balaban J connectivity index is 0.000000206. The fourth-order valence-corrected chi connectivity index (χ4v) is 9.34. The molecule has 0 unspecified atom stereocenters. The van der Waals surface area contributed by atoms with Crippen molar-refractivity contribution in [3.8, 4) is 57.4 Å². The highest BCUT2D eigenvalue weighted by atomic mass is 32.2. The number of methoxy groups -OCH3 is 4. The normalized spacial score (nSPS) is 12.3. The number of para-hydroxylation sites is 2. The van der Waals surface area contributed by atoms with E-state index in [4.69, 9.17) is 18.9 Å². The molecule has 70 heavy (non-hydrogen) atoms. The van der Waals surface area contributed by atoms with Crippen LogP contribution >= 0.6 is 0 Å². The van der Waals surface area contributed by atoms with Crippen LogP contribution in [0.4, 0.5) is 8.78 Å². The van der Waals surface area contributed by atoms with Crippen molar-refractivity contribution in [1.29, 1.82) is 0 Å². The largest absolute Gasteiger partial charge is 0.494 e. The summed E-state index contributed by atoms with van der Waals surface area (Å²) in [7, 11) is -1.58. The average Bonchev–Trinajstić information content (AvgIpc) is 3.98. The van der Waals surface area contributed by atoms with Crippen molar-refractivity contribution in [2.45, 2.75) is 48.7 Å². The van der Waals surface area contributed by atoms with Crippen LogP contribution in [0.3, 0.4) is 0 Å². The predicted molar refractivity (Wildman–Crippen MR) is 247 cm³/mol. The molecule has 364 valence electrons. The van der Waals surface area contributed by atoms with Gasteiger partial charge in [-0.1, -0.05) is 12.1 Å². The fourth-order valence-electron chi connectivity index (χ4n) is 6.87. The minimum atomic E-state index is -3.77. The molecule has 0 aliphatic rings. The van der Waals surface area contributed by atoms with Gasteiger partial charge in [-0.2, -0.15) is 10.2 Å². The van der Waals surface area contributed by atoms with Gasteiger partial charge in [0.1, 0.15) is 68.9 Å². The maximum absolute atomic E-state index is 13.3. The molecule has 0 N–H and O–H groups in total. The van der Waals surface area contributed by atoms with Gasteiger partial charge in [-0.25, -0.2) is 45.6 Å². The molecule has 2 atom stereocenters. The SMILES string of the molecule is COc1cccc(OC)c1-n1c(CS(=O)(=O)[C@@H](C)Cc2ncc(F)cn2)nnc1-c1cccnn1.COc1cccc(OC)c1-n1c(CS(=O)(=O)[C@H](C)Cc2ncc(F)cn2)nnc1-c1cccnn1. The lowest BCUT2D eigenvalue weighted by molar-refractivity contribution is 0.390. The summed E-state index contributed by atoms with van der Waals surface area (Å²) in [6, 6.07) is 17.1. The number of aromatic nitrogens is 14. The van der Waals surface area contributed by atoms with Crippen molar-refractivity contribution in [3.05, 3.63) is 133 Å².